The minimum Gasteiger partial charge on any atom is -0.379 e. The standard InChI is InChI=1S/C14H24N4OS/c1-11-10-18-13(12(2)16-14(18)20-11)9-15-5-7-19-8-6-17(3)4/h10,15H,5-9H2,1-4H3. The van der Waals surface area contributed by atoms with E-state index in [0.717, 1.165) is 43.5 Å². The Bertz CT molecular complexity index is 547. The second-order valence-electron chi connectivity index (χ2n) is 5.23. The van der Waals surface area contributed by atoms with Crippen LogP contribution in [-0.2, 0) is 11.3 Å². The Labute approximate surface area is 124 Å². The molecule has 0 saturated carbocycles. The normalized spacial score (nSPS) is 11.8. The van der Waals surface area contributed by atoms with Crippen molar-refractivity contribution in [3.63, 3.8) is 0 Å². The summed E-state index contributed by atoms with van der Waals surface area (Å²) in [6, 6.07) is 0. The molecule has 0 spiro atoms. The number of imidazole rings is 1. The van der Waals surface area contributed by atoms with Gasteiger partial charge in [0, 0.05) is 30.7 Å². The molecule has 112 valence electrons. The lowest BCUT2D eigenvalue weighted by molar-refractivity contribution is 0.119. The lowest BCUT2D eigenvalue weighted by Gasteiger charge is -2.10. The van der Waals surface area contributed by atoms with Gasteiger partial charge >= 0.3 is 0 Å². The SMILES string of the molecule is Cc1cn2c(CNCCOCCN(C)C)c(C)nc2s1. The molecule has 20 heavy (non-hydrogen) atoms. The van der Waals surface area contributed by atoms with Crippen LogP contribution in [0.15, 0.2) is 6.20 Å². The van der Waals surface area contributed by atoms with Crippen LogP contribution in [0.1, 0.15) is 16.3 Å². The molecular weight excluding hydrogens is 272 g/mol. The monoisotopic (exact) mass is 296 g/mol. The first kappa shape index (κ1) is 15.4. The second-order valence-corrected chi connectivity index (χ2v) is 6.44. The van der Waals surface area contributed by atoms with Gasteiger partial charge in [0.15, 0.2) is 4.96 Å². The maximum atomic E-state index is 5.56. The third-order valence-electron chi connectivity index (χ3n) is 3.14. The van der Waals surface area contributed by atoms with Crippen molar-refractivity contribution in [3.05, 3.63) is 22.5 Å². The molecule has 0 aromatic carbocycles. The van der Waals surface area contributed by atoms with E-state index in [1.54, 1.807) is 11.3 Å². The lowest BCUT2D eigenvalue weighted by Crippen LogP contribution is -2.23. The first-order valence-corrected chi connectivity index (χ1v) is 7.76. The number of hydrogen-bond donors (Lipinski definition) is 1. The van der Waals surface area contributed by atoms with E-state index in [1.165, 1.54) is 10.6 Å². The van der Waals surface area contributed by atoms with E-state index in [1.807, 2.05) is 0 Å². The van der Waals surface area contributed by atoms with Gasteiger partial charge in [-0.3, -0.25) is 4.40 Å². The fourth-order valence-corrected chi connectivity index (χ4v) is 2.91. The van der Waals surface area contributed by atoms with Gasteiger partial charge in [-0.05, 0) is 27.9 Å². The minimum absolute atomic E-state index is 0.748. The largest absolute Gasteiger partial charge is 0.379 e. The Morgan fingerprint density at radius 2 is 2.15 bits per heavy atom. The van der Waals surface area contributed by atoms with Crippen LogP contribution in [0.2, 0.25) is 0 Å². The van der Waals surface area contributed by atoms with Gasteiger partial charge in [-0.2, -0.15) is 0 Å². The van der Waals surface area contributed by atoms with Crippen LogP contribution in [-0.4, -0.2) is 54.7 Å². The Morgan fingerprint density at radius 3 is 2.90 bits per heavy atom. The fourth-order valence-electron chi connectivity index (χ4n) is 2.02. The van der Waals surface area contributed by atoms with Crippen LogP contribution in [0, 0.1) is 13.8 Å². The molecule has 0 fully saturated rings. The van der Waals surface area contributed by atoms with Crippen LogP contribution < -0.4 is 5.32 Å². The highest BCUT2D eigenvalue weighted by Crippen LogP contribution is 2.20. The number of aryl methyl sites for hydroxylation is 2. The van der Waals surface area contributed by atoms with E-state index in [4.69, 9.17) is 4.74 Å². The average Bonchev–Trinajstić information content (AvgIpc) is 2.84. The zero-order valence-corrected chi connectivity index (χ0v) is 13.6. The molecule has 0 bridgehead atoms. The van der Waals surface area contributed by atoms with Crippen molar-refractivity contribution < 1.29 is 4.74 Å². The van der Waals surface area contributed by atoms with Gasteiger partial charge in [-0.15, -0.1) is 11.3 Å². The van der Waals surface area contributed by atoms with Crippen LogP contribution in [0.5, 0.6) is 0 Å². The third kappa shape index (κ3) is 4.02. The summed E-state index contributed by atoms with van der Waals surface area (Å²) in [7, 11) is 4.11. The van der Waals surface area contributed by atoms with E-state index in [9.17, 15) is 0 Å². The van der Waals surface area contributed by atoms with Gasteiger partial charge in [-0.1, -0.05) is 0 Å². The molecule has 0 atom stereocenters. The quantitative estimate of drug-likeness (QED) is 0.753. The van der Waals surface area contributed by atoms with Gasteiger partial charge in [0.1, 0.15) is 0 Å². The summed E-state index contributed by atoms with van der Waals surface area (Å²) in [4.78, 5) is 9.08. The number of rotatable bonds is 8. The zero-order chi connectivity index (χ0) is 14.5. The van der Waals surface area contributed by atoms with Crippen molar-refractivity contribution in [2.24, 2.45) is 0 Å². The average molecular weight is 296 g/mol. The van der Waals surface area contributed by atoms with E-state index in [2.05, 4.69) is 53.7 Å². The summed E-state index contributed by atoms with van der Waals surface area (Å²) < 4.78 is 7.75. The molecule has 2 aromatic heterocycles. The Hall–Kier alpha value is -0.950. The highest BCUT2D eigenvalue weighted by molar-refractivity contribution is 7.17. The Balaban J connectivity index is 1.74. The van der Waals surface area contributed by atoms with E-state index < -0.39 is 0 Å². The van der Waals surface area contributed by atoms with Crippen LogP contribution in [0.4, 0.5) is 0 Å². The number of likely N-dealkylation sites (N-methyl/N-ethyl adjacent to an activating group) is 1. The van der Waals surface area contributed by atoms with Crippen molar-refractivity contribution in [1.29, 1.82) is 0 Å². The van der Waals surface area contributed by atoms with Crippen LogP contribution >= 0.6 is 11.3 Å². The molecule has 0 aliphatic heterocycles. The van der Waals surface area contributed by atoms with Crippen molar-refractivity contribution >= 4 is 16.3 Å². The molecule has 2 heterocycles. The van der Waals surface area contributed by atoms with Gasteiger partial charge in [0.05, 0.1) is 24.6 Å². The zero-order valence-electron chi connectivity index (χ0n) is 12.8. The highest BCUT2D eigenvalue weighted by atomic mass is 32.1. The number of nitrogens with one attached hydrogen (secondary N) is 1. The summed E-state index contributed by atoms with van der Waals surface area (Å²) >= 11 is 1.73. The summed E-state index contributed by atoms with van der Waals surface area (Å²) in [5.41, 5.74) is 2.36. The summed E-state index contributed by atoms with van der Waals surface area (Å²) in [5, 5.41) is 3.42. The number of fused-ring (bicyclic) bond motifs is 1. The summed E-state index contributed by atoms with van der Waals surface area (Å²) in [6.45, 7) is 8.38. The van der Waals surface area contributed by atoms with E-state index in [0.29, 0.717) is 0 Å². The highest BCUT2D eigenvalue weighted by Gasteiger charge is 2.10. The molecule has 0 aliphatic carbocycles. The maximum Gasteiger partial charge on any atom is 0.194 e. The summed E-state index contributed by atoms with van der Waals surface area (Å²) in [5.74, 6) is 0. The molecule has 0 amide bonds. The molecule has 1 N–H and O–H groups in total. The molecule has 0 saturated heterocycles. The van der Waals surface area contributed by atoms with Gasteiger partial charge in [-0.25, -0.2) is 4.98 Å². The smallest absolute Gasteiger partial charge is 0.194 e. The lowest BCUT2D eigenvalue weighted by atomic mass is 10.3. The van der Waals surface area contributed by atoms with Crippen molar-refractivity contribution in [2.45, 2.75) is 20.4 Å². The van der Waals surface area contributed by atoms with Crippen LogP contribution in [0.3, 0.4) is 0 Å². The first-order valence-electron chi connectivity index (χ1n) is 6.95. The predicted octanol–water partition coefficient (Wildman–Crippen LogP) is 1.68. The third-order valence-corrected chi connectivity index (χ3v) is 4.04. The number of ether oxygens (including phenoxy) is 1. The van der Waals surface area contributed by atoms with Crippen LogP contribution in [0.25, 0.3) is 4.96 Å². The van der Waals surface area contributed by atoms with Gasteiger partial charge in [0.2, 0.25) is 0 Å². The van der Waals surface area contributed by atoms with Crippen molar-refractivity contribution in [2.75, 3.05) is 40.4 Å². The van der Waals surface area contributed by atoms with Crippen molar-refractivity contribution in [3.8, 4) is 0 Å². The molecule has 0 radical (unpaired) electrons. The second kappa shape index (κ2) is 7.17. The van der Waals surface area contributed by atoms with Gasteiger partial charge in [0.25, 0.3) is 0 Å². The molecule has 0 aliphatic rings. The van der Waals surface area contributed by atoms with Gasteiger partial charge < -0.3 is 15.0 Å². The number of nitrogens with zero attached hydrogens (tertiary/aromatic N) is 3. The topological polar surface area (TPSA) is 41.8 Å². The maximum absolute atomic E-state index is 5.56. The first-order chi connectivity index (χ1) is 9.58. The molecule has 5 nitrogen and oxygen atoms in total. The number of aromatic nitrogens is 2. The van der Waals surface area contributed by atoms with E-state index >= 15 is 0 Å². The fraction of sp³-hybridized carbons (Fsp3) is 0.643. The number of thiazole rings is 1. The number of hydrogen-bond acceptors (Lipinski definition) is 5. The molecule has 0 unspecified atom stereocenters. The van der Waals surface area contributed by atoms with E-state index in [-0.39, 0.29) is 0 Å². The Morgan fingerprint density at radius 1 is 1.35 bits per heavy atom. The molecule has 2 aromatic rings. The molecule has 2 rings (SSSR count). The minimum atomic E-state index is 0.748. The van der Waals surface area contributed by atoms with Crippen molar-refractivity contribution in [1.82, 2.24) is 19.6 Å². The molecular formula is C14H24N4OS. The Kier molecular flexibility index (Phi) is 5.54. The predicted molar refractivity (Wildman–Crippen MR) is 83.6 cm³/mol. The summed E-state index contributed by atoms with van der Waals surface area (Å²) in [6.07, 6.45) is 2.16. The molecule has 6 heteroatoms.